The first-order valence-corrected chi connectivity index (χ1v) is 10.3. The van der Waals surface area contributed by atoms with Gasteiger partial charge in [-0.05, 0) is 82.0 Å². The third-order valence-corrected chi connectivity index (χ3v) is 4.51. The van der Waals surface area contributed by atoms with Crippen molar-refractivity contribution in [2.45, 2.75) is 72.8 Å². The molecule has 1 fully saturated rings. The Labute approximate surface area is 169 Å². The highest BCUT2D eigenvalue weighted by atomic mass is 16.5. The Hall–Kier alpha value is -1.32. The molecular formula is C24H45NO2. The maximum Gasteiger partial charge on any atom is 0.119 e. The van der Waals surface area contributed by atoms with Crippen molar-refractivity contribution in [1.82, 2.24) is 5.32 Å². The third-order valence-electron chi connectivity index (χ3n) is 4.51. The second kappa shape index (κ2) is 14.7. The molecule has 0 amide bonds. The Morgan fingerprint density at radius 1 is 1.30 bits per heavy atom. The van der Waals surface area contributed by atoms with Crippen LogP contribution in [-0.4, -0.2) is 25.9 Å². The molecule has 1 aliphatic rings. The molecular weight excluding hydrogens is 334 g/mol. The summed E-state index contributed by atoms with van der Waals surface area (Å²) in [5, 5.41) is 10.2. The molecule has 1 aliphatic carbocycles. The van der Waals surface area contributed by atoms with Gasteiger partial charge in [0.05, 0.1) is 6.61 Å². The number of hydrogen-bond donors (Lipinski definition) is 2. The molecule has 0 unspecified atom stereocenters. The van der Waals surface area contributed by atoms with E-state index in [1.54, 1.807) is 0 Å². The van der Waals surface area contributed by atoms with Crippen LogP contribution >= 0.6 is 0 Å². The number of hydrogen-bond acceptors (Lipinski definition) is 3. The molecule has 0 heterocycles. The highest BCUT2D eigenvalue weighted by Gasteiger charge is 2.21. The van der Waals surface area contributed by atoms with Crippen LogP contribution in [0.3, 0.4) is 0 Å². The molecule has 0 aliphatic heterocycles. The minimum atomic E-state index is 0. The number of aliphatic hydroxyl groups excluding tert-OH is 1. The van der Waals surface area contributed by atoms with Crippen LogP contribution < -0.4 is 10.1 Å². The molecule has 0 saturated heterocycles. The molecule has 2 N–H and O–H groups in total. The van der Waals surface area contributed by atoms with E-state index in [1.807, 2.05) is 13.1 Å². The summed E-state index contributed by atoms with van der Waals surface area (Å²) in [5.74, 6) is 1.82. The van der Waals surface area contributed by atoms with E-state index in [1.165, 1.54) is 37.7 Å². The number of allylic oxidation sites excluding steroid dienone is 2. The lowest BCUT2D eigenvalue weighted by Gasteiger charge is -2.16. The van der Waals surface area contributed by atoms with Crippen LogP contribution in [0.25, 0.3) is 0 Å². The van der Waals surface area contributed by atoms with Gasteiger partial charge in [-0.3, -0.25) is 0 Å². The Kier molecular flexibility index (Phi) is 14.0. The monoisotopic (exact) mass is 379 g/mol. The summed E-state index contributed by atoms with van der Waals surface area (Å²) in [6.45, 7) is 12.0. The van der Waals surface area contributed by atoms with Crippen molar-refractivity contribution in [3.8, 4) is 5.75 Å². The van der Waals surface area contributed by atoms with Crippen molar-refractivity contribution in [1.29, 1.82) is 0 Å². The van der Waals surface area contributed by atoms with Gasteiger partial charge in [0.15, 0.2) is 0 Å². The van der Waals surface area contributed by atoms with Crippen LogP contribution in [0, 0.1) is 11.3 Å². The van der Waals surface area contributed by atoms with Crippen LogP contribution in [-0.2, 0) is 0 Å². The zero-order valence-electron chi connectivity index (χ0n) is 18.7. The second-order valence-corrected chi connectivity index (χ2v) is 8.36. The molecule has 1 saturated carbocycles. The van der Waals surface area contributed by atoms with Gasteiger partial charge in [0.25, 0.3) is 0 Å². The molecule has 3 nitrogen and oxygen atoms in total. The number of benzene rings is 1. The summed E-state index contributed by atoms with van der Waals surface area (Å²) in [4.78, 5) is 0. The minimum Gasteiger partial charge on any atom is -0.493 e. The van der Waals surface area contributed by atoms with Crippen molar-refractivity contribution in [2.24, 2.45) is 11.3 Å². The first-order chi connectivity index (χ1) is 12.9. The maximum absolute atomic E-state index is 7.00. The Morgan fingerprint density at radius 3 is 2.48 bits per heavy atom. The van der Waals surface area contributed by atoms with Gasteiger partial charge >= 0.3 is 0 Å². The third kappa shape index (κ3) is 14.4. The summed E-state index contributed by atoms with van der Waals surface area (Å²) in [6.07, 6.45) is 11.0. The standard InChI is InChI=1S/C13H19NO.C10H20.CH4O.H2/c1-10(14-2)12-4-3-5-13(8-12)15-9-11-6-7-11;1-5-6-7-8-9-10(2,3)4;1-2;/h3-5,8,10-11,14H,6-7,9H2,1-2H3;5-6H,7-9H2,1-4H3;2H,1H3;1H/b;6-5+;;/t10-;;;/m1.../s1. The predicted octanol–water partition coefficient (Wildman–Crippen LogP) is 6.39. The van der Waals surface area contributed by atoms with Crippen LogP contribution in [0.15, 0.2) is 36.4 Å². The minimum absolute atomic E-state index is 0. The molecule has 1 atom stereocenters. The number of unbranched alkanes of at least 4 members (excludes halogenated alkanes) is 1. The van der Waals surface area contributed by atoms with E-state index in [4.69, 9.17) is 9.84 Å². The molecule has 2 rings (SSSR count). The smallest absolute Gasteiger partial charge is 0.119 e. The van der Waals surface area contributed by atoms with Crippen LogP contribution in [0.2, 0.25) is 0 Å². The first kappa shape index (κ1) is 25.7. The van der Waals surface area contributed by atoms with Gasteiger partial charge in [-0.25, -0.2) is 0 Å². The lowest BCUT2D eigenvalue weighted by molar-refractivity contribution is 0.299. The van der Waals surface area contributed by atoms with Crippen LogP contribution in [0.4, 0.5) is 0 Å². The number of rotatable bonds is 8. The summed E-state index contributed by atoms with van der Waals surface area (Å²) >= 11 is 0. The molecule has 0 aromatic heterocycles. The van der Waals surface area contributed by atoms with E-state index in [0.717, 1.165) is 25.4 Å². The van der Waals surface area contributed by atoms with Crippen molar-refractivity contribution < 1.29 is 11.3 Å². The average molecular weight is 380 g/mol. The van der Waals surface area contributed by atoms with Crippen LogP contribution in [0.1, 0.15) is 79.8 Å². The van der Waals surface area contributed by atoms with Crippen molar-refractivity contribution in [3.63, 3.8) is 0 Å². The first-order valence-electron chi connectivity index (χ1n) is 10.3. The summed E-state index contributed by atoms with van der Waals surface area (Å²) in [7, 11) is 2.97. The molecule has 1 aromatic carbocycles. The van der Waals surface area contributed by atoms with E-state index in [0.29, 0.717) is 11.5 Å². The zero-order valence-corrected chi connectivity index (χ0v) is 18.7. The van der Waals surface area contributed by atoms with E-state index in [9.17, 15) is 0 Å². The number of nitrogens with one attached hydrogen (secondary N) is 1. The Morgan fingerprint density at radius 2 is 1.96 bits per heavy atom. The van der Waals surface area contributed by atoms with Crippen molar-refractivity contribution >= 4 is 0 Å². The van der Waals surface area contributed by atoms with Gasteiger partial charge < -0.3 is 15.2 Å². The SMILES string of the molecule is C/C=C/CCCC(C)(C)C.CN[C@H](C)c1cccc(OCC2CC2)c1.CO.[HH]. The Balaban J connectivity index is 0. The van der Waals surface area contributed by atoms with Crippen molar-refractivity contribution in [2.75, 3.05) is 20.8 Å². The maximum atomic E-state index is 7.00. The fourth-order valence-corrected chi connectivity index (χ4v) is 2.46. The van der Waals surface area contributed by atoms with Crippen LogP contribution in [0.5, 0.6) is 5.75 Å². The normalized spacial score (nSPS) is 14.7. The molecule has 3 heteroatoms. The summed E-state index contributed by atoms with van der Waals surface area (Å²) < 4.78 is 5.74. The number of ether oxygens (including phenoxy) is 1. The quantitative estimate of drug-likeness (QED) is 0.406. The van der Waals surface area contributed by atoms with E-state index in [2.05, 4.69) is 70.3 Å². The fraction of sp³-hybridized carbons (Fsp3) is 0.667. The van der Waals surface area contributed by atoms with Crippen molar-refractivity contribution in [3.05, 3.63) is 42.0 Å². The van der Waals surface area contributed by atoms with Gasteiger partial charge in [-0.2, -0.15) is 0 Å². The Bertz CT molecular complexity index is 508. The number of aliphatic hydroxyl groups is 1. The molecule has 0 spiro atoms. The molecule has 27 heavy (non-hydrogen) atoms. The second-order valence-electron chi connectivity index (χ2n) is 8.36. The van der Waals surface area contributed by atoms with Gasteiger partial charge in [0.2, 0.25) is 0 Å². The van der Waals surface area contributed by atoms with Gasteiger partial charge in [-0.15, -0.1) is 0 Å². The lowest BCUT2D eigenvalue weighted by Crippen LogP contribution is -2.12. The highest BCUT2D eigenvalue weighted by molar-refractivity contribution is 5.30. The predicted molar refractivity (Wildman–Crippen MR) is 121 cm³/mol. The van der Waals surface area contributed by atoms with E-state index in [-0.39, 0.29) is 1.43 Å². The van der Waals surface area contributed by atoms with Gasteiger partial charge in [0, 0.05) is 14.6 Å². The van der Waals surface area contributed by atoms with Gasteiger partial charge in [0.1, 0.15) is 5.75 Å². The topological polar surface area (TPSA) is 41.5 Å². The summed E-state index contributed by atoms with van der Waals surface area (Å²) in [5.41, 5.74) is 1.80. The average Bonchev–Trinajstić information content (AvgIpc) is 3.49. The molecule has 0 bridgehead atoms. The lowest BCUT2D eigenvalue weighted by atomic mass is 9.90. The largest absolute Gasteiger partial charge is 0.493 e. The summed E-state index contributed by atoms with van der Waals surface area (Å²) in [6, 6.07) is 8.74. The van der Waals surface area contributed by atoms with E-state index < -0.39 is 0 Å². The van der Waals surface area contributed by atoms with Gasteiger partial charge in [-0.1, -0.05) is 45.1 Å². The molecule has 1 aromatic rings. The fourth-order valence-electron chi connectivity index (χ4n) is 2.46. The molecule has 0 radical (unpaired) electrons. The van der Waals surface area contributed by atoms with E-state index >= 15 is 0 Å². The molecule has 158 valence electrons. The highest BCUT2D eigenvalue weighted by Crippen LogP contribution is 2.30. The zero-order chi connectivity index (χ0) is 20.7.